The lowest BCUT2D eigenvalue weighted by Crippen LogP contribution is -2.24. The maximum absolute atomic E-state index is 12.1. The van der Waals surface area contributed by atoms with Crippen LogP contribution in [0.1, 0.15) is 48.5 Å². The van der Waals surface area contributed by atoms with Gasteiger partial charge in [0.25, 0.3) is 5.91 Å². The number of carbonyl (C=O) groups is 2. The first kappa shape index (κ1) is 30.0. The number of carbonyl (C=O) groups excluding carboxylic acids is 2. The van der Waals surface area contributed by atoms with Crippen LogP contribution in [0.2, 0.25) is 0 Å². The normalized spacial score (nSPS) is 9.71. The van der Waals surface area contributed by atoms with E-state index in [1.807, 2.05) is 33.8 Å². The highest BCUT2D eigenvalue weighted by atomic mass is 16.5. The number of nitrogens with zero attached hydrogens (tertiary/aromatic N) is 1. The maximum atomic E-state index is 12.1. The minimum absolute atomic E-state index is 0.0198. The number of rotatable bonds is 6. The van der Waals surface area contributed by atoms with Crippen LogP contribution < -0.4 is 5.32 Å². The average Bonchev–Trinajstić information content (AvgIpc) is 2.70. The first-order valence-electron chi connectivity index (χ1n) is 9.44. The van der Waals surface area contributed by atoms with Crippen LogP contribution in [0.3, 0.4) is 0 Å². The number of benzene rings is 1. The predicted octanol–water partition coefficient (Wildman–Crippen LogP) is 5.16. The lowest BCUT2D eigenvalue weighted by molar-refractivity contribution is -0.122. The van der Waals surface area contributed by atoms with Gasteiger partial charge in [0.2, 0.25) is 0 Å². The Labute approximate surface area is 170 Å². The Bertz CT molecular complexity index is 607. The molecule has 1 aromatic rings. The number of ketones is 1. The Hall–Kier alpha value is -2.76. The van der Waals surface area contributed by atoms with E-state index in [0.29, 0.717) is 5.69 Å². The van der Waals surface area contributed by atoms with Gasteiger partial charge in [-0.05, 0) is 25.1 Å². The van der Waals surface area contributed by atoms with Crippen LogP contribution >= 0.6 is 0 Å². The number of hydrogen-bond acceptors (Lipinski definition) is 5. The van der Waals surface area contributed by atoms with E-state index >= 15 is 0 Å². The summed E-state index contributed by atoms with van der Waals surface area (Å²) in [6, 6.07) is 8.92. The van der Waals surface area contributed by atoms with E-state index in [-0.39, 0.29) is 23.0 Å². The molecule has 2 N–H and O–H groups in total. The number of Topliss-reactive ketones (excluding diaryl/α,β-unsaturated/α-hetero) is 1. The fourth-order valence-electron chi connectivity index (χ4n) is 1.60. The summed E-state index contributed by atoms with van der Waals surface area (Å²) < 4.78 is 4.40. The highest BCUT2D eigenvalue weighted by molar-refractivity contribution is 6.26. The van der Waals surface area contributed by atoms with Gasteiger partial charge in [-0.1, -0.05) is 59.7 Å². The Kier molecular flexibility index (Phi) is 22.0. The third-order valence-electron chi connectivity index (χ3n) is 2.64. The average molecular weight is 392 g/mol. The second-order valence-electron chi connectivity index (χ2n) is 5.18. The fourth-order valence-corrected chi connectivity index (χ4v) is 1.60. The zero-order valence-electron chi connectivity index (χ0n) is 18.8. The molecule has 0 fully saturated rings. The molecule has 0 saturated carbocycles. The summed E-state index contributed by atoms with van der Waals surface area (Å²) in [7, 11) is 3.22. The predicted molar refractivity (Wildman–Crippen MR) is 121 cm³/mol. The largest absolute Gasteiger partial charge is 0.487 e. The molecule has 0 aliphatic carbocycles. The highest BCUT2D eigenvalue weighted by Crippen LogP contribution is 2.11. The zero-order chi connectivity index (χ0) is 22.5. The Morgan fingerprint density at radius 2 is 1.61 bits per heavy atom. The van der Waals surface area contributed by atoms with Gasteiger partial charge >= 0.3 is 0 Å². The number of hydrogen-bond donors (Lipinski definition) is 2. The number of allylic oxidation sites excluding steroid dienone is 1. The summed E-state index contributed by atoms with van der Waals surface area (Å²) in [5, 5.41) is 10.1. The number of nitrogens with one attached hydrogen (secondary N) is 2. The molecule has 158 valence electrons. The smallest absolute Gasteiger partial charge is 0.259 e. The zero-order valence-corrected chi connectivity index (χ0v) is 18.8. The molecule has 0 heterocycles. The molecule has 0 bridgehead atoms. The van der Waals surface area contributed by atoms with Crippen molar-refractivity contribution in [1.82, 2.24) is 0 Å². The summed E-state index contributed by atoms with van der Waals surface area (Å²) >= 11 is 0. The van der Waals surface area contributed by atoms with E-state index in [1.54, 1.807) is 52.3 Å². The molecule has 0 unspecified atom stereocenters. The van der Waals surface area contributed by atoms with Crippen molar-refractivity contribution in [2.75, 3.05) is 19.5 Å². The van der Waals surface area contributed by atoms with Crippen molar-refractivity contribution in [3.8, 4) is 0 Å². The van der Waals surface area contributed by atoms with Crippen LogP contribution in [-0.4, -0.2) is 38.0 Å². The van der Waals surface area contributed by atoms with Gasteiger partial charge in [-0.3, -0.25) is 14.6 Å². The van der Waals surface area contributed by atoms with E-state index in [1.165, 1.54) is 19.4 Å². The molecular formula is C22H37N3O3. The van der Waals surface area contributed by atoms with E-state index < -0.39 is 5.91 Å². The second-order valence-corrected chi connectivity index (χ2v) is 5.18. The van der Waals surface area contributed by atoms with Gasteiger partial charge in [-0.15, -0.1) is 0 Å². The third kappa shape index (κ3) is 15.5. The van der Waals surface area contributed by atoms with Crippen LogP contribution in [0.15, 0.2) is 47.0 Å². The summed E-state index contributed by atoms with van der Waals surface area (Å²) in [6.07, 6.45) is 2.68. The molecule has 0 aliphatic heterocycles. The summed E-state index contributed by atoms with van der Waals surface area (Å²) in [5.41, 5.74) is 0.816. The number of methoxy groups -OCH3 is 1. The van der Waals surface area contributed by atoms with Gasteiger partial charge in [-0.25, -0.2) is 0 Å². The van der Waals surface area contributed by atoms with Gasteiger partial charge in [0.1, 0.15) is 0 Å². The van der Waals surface area contributed by atoms with Crippen LogP contribution in [-0.2, 0) is 14.3 Å². The van der Waals surface area contributed by atoms with Crippen molar-refractivity contribution in [2.24, 2.45) is 10.9 Å². The molecule has 0 aliphatic rings. The molecule has 1 amide bonds. The van der Waals surface area contributed by atoms with Gasteiger partial charge in [-0.2, -0.15) is 0 Å². The van der Waals surface area contributed by atoms with Crippen molar-refractivity contribution in [1.29, 1.82) is 5.41 Å². The van der Waals surface area contributed by atoms with Gasteiger partial charge < -0.3 is 15.5 Å². The number of anilines is 1. The molecule has 6 nitrogen and oxygen atoms in total. The van der Waals surface area contributed by atoms with Crippen molar-refractivity contribution in [2.45, 2.75) is 48.5 Å². The van der Waals surface area contributed by atoms with Crippen molar-refractivity contribution >= 4 is 29.5 Å². The SMILES string of the molecule is CC.CC.CC(=N)/C=C(\C(=O)Nc1ccccc1)C(=O)C(C)C.CN=COC. The minimum atomic E-state index is -0.475. The first-order valence-corrected chi connectivity index (χ1v) is 9.44. The Morgan fingerprint density at radius 3 is 1.93 bits per heavy atom. The number of para-hydroxylation sites is 1. The van der Waals surface area contributed by atoms with E-state index in [4.69, 9.17) is 5.41 Å². The lowest BCUT2D eigenvalue weighted by Gasteiger charge is -2.10. The molecular weight excluding hydrogens is 354 g/mol. The molecule has 0 saturated heterocycles. The third-order valence-corrected chi connectivity index (χ3v) is 2.64. The standard InChI is InChI=1S/C15H18N2O2.C3H7NO.2C2H6/c1-10(2)14(18)13(9-11(3)16)15(19)17-12-7-5-4-6-8-12;1-4-3-5-2;2*1-2/h4-10,16H,1-3H3,(H,17,19);3H,1-2H3;2*1-2H3/b13-9-,16-11?;;;. The van der Waals surface area contributed by atoms with Crippen LogP contribution in [0.25, 0.3) is 0 Å². The second kappa shape index (κ2) is 20.6. The van der Waals surface area contributed by atoms with Gasteiger partial charge in [0.05, 0.1) is 12.7 Å². The van der Waals surface area contributed by atoms with Crippen molar-refractivity contribution in [3.63, 3.8) is 0 Å². The molecule has 1 rings (SSSR count). The summed E-state index contributed by atoms with van der Waals surface area (Å²) in [4.78, 5) is 27.6. The quantitative estimate of drug-likeness (QED) is 0.231. The maximum Gasteiger partial charge on any atom is 0.259 e. The molecule has 0 aromatic heterocycles. The number of ether oxygens (including phenoxy) is 1. The number of aliphatic imine (C=N–C) groups is 1. The molecule has 1 aromatic carbocycles. The van der Waals surface area contributed by atoms with E-state index in [0.717, 1.165) is 0 Å². The summed E-state index contributed by atoms with van der Waals surface area (Å²) in [5.74, 6) is -1.02. The molecule has 28 heavy (non-hydrogen) atoms. The van der Waals surface area contributed by atoms with Crippen LogP contribution in [0.5, 0.6) is 0 Å². The molecule has 6 heteroatoms. The molecule has 0 atom stereocenters. The highest BCUT2D eigenvalue weighted by Gasteiger charge is 2.21. The lowest BCUT2D eigenvalue weighted by atomic mass is 9.99. The van der Waals surface area contributed by atoms with Crippen LogP contribution in [0.4, 0.5) is 5.69 Å². The van der Waals surface area contributed by atoms with E-state index in [2.05, 4.69) is 15.0 Å². The molecule has 0 radical (unpaired) electrons. The first-order chi connectivity index (χ1) is 13.3. The fraction of sp³-hybridized carbons (Fsp3) is 0.455. The Morgan fingerprint density at radius 1 is 1.11 bits per heavy atom. The summed E-state index contributed by atoms with van der Waals surface area (Å²) in [6.45, 7) is 13.0. The topological polar surface area (TPSA) is 91.6 Å². The van der Waals surface area contributed by atoms with Crippen molar-refractivity contribution in [3.05, 3.63) is 42.0 Å². The van der Waals surface area contributed by atoms with Gasteiger partial charge in [0, 0.05) is 24.4 Å². The van der Waals surface area contributed by atoms with Gasteiger partial charge in [0.15, 0.2) is 12.2 Å². The Balaban J connectivity index is -0.000000590. The van der Waals surface area contributed by atoms with Crippen molar-refractivity contribution < 1.29 is 14.3 Å². The van der Waals surface area contributed by atoms with E-state index in [9.17, 15) is 9.59 Å². The number of amides is 1. The minimum Gasteiger partial charge on any atom is -0.487 e. The molecule has 0 spiro atoms. The monoisotopic (exact) mass is 391 g/mol. The van der Waals surface area contributed by atoms with Crippen LogP contribution in [0, 0.1) is 11.3 Å².